The van der Waals surface area contributed by atoms with E-state index in [0.717, 1.165) is 5.56 Å². The summed E-state index contributed by atoms with van der Waals surface area (Å²) in [7, 11) is 0. The van der Waals surface area contributed by atoms with Gasteiger partial charge in [-0.1, -0.05) is 36.7 Å². The molecule has 1 atom stereocenters. The van der Waals surface area contributed by atoms with Crippen LogP contribution >= 0.6 is 11.6 Å². The predicted octanol–water partition coefficient (Wildman–Crippen LogP) is 3.96. The molecule has 1 fully saturated rings. The summed E-state index contributed by atoms with van der Waals surface area (Å²) in [6, 6.07) is 7.37. The minimum absolute atomic E-state index is 0.102. The summed E-state index contributed by atoms with van der Waals surface area (Å²) in [5.41, 5.74) is 0.903. The van der Waals surface area contributed by atoms with Crippen molar-refractivity contribution in [2.75, 3.05) is 26.2 Å². The number of benzene rings is 1. The van der Waals surface area contributed by atoms with Gasteiger partial charge in [0.1, 0.15) is 0 Å². The van der Waals surface area contributed by atoms with Crippen LogP contribution in [0.3, 0.4) is 0 Å². The molecular weight excluding hydrogens is 341 g/mol. The number of hydrogen-bond donors (Lipinski definition) is 0. The summed E-state index contributed by atoms with van der Waals surface area (Å²) in [6.45, 7) is 3.30. The van der Waals surface area contributed by atoms with Gasteiger partial charge in [0.2, 0.25) is 5.91 Å². The molecule has 0 saturated carbocycles. The molecule has 0 aliphatic carbocycles. The fraction of sp³-hybridized carbons (Fsp3) is 0.588. The molecule has 0 spiro atoms. The molecule has 1 heterocycles. The Morgan fingerprint density at radius 3 is 2.71 bits per heavy atom. The lowest BCUT2D eigenvalue weighted by Gasteiger charge is -2.35. The van der Waals surface area contributed by atoms with Gasteiger partial charge >= 0.3 is 6.18 Å². The van der Waals surface area contributed by atoms with Crippen LogP contribution in [0, 0.1) is 5.92 Å². The van der Waals surface area contributed by atoms with Gasteiger partial charge in [0.25, 0.3) is 0 Å². The van der Waals surface area contributed by atoms with Crippen molar-refractivity contribution in [2.24, 2.45) is 5.92 Å². The van der Waals surface area contributed by atoms with Crippen molar-refractivity contribution in [2.45, 2.75) is 32.5 Å². The standard InChI is InChI=1S/C17H22ClF3N2O/c1-2-22(10-13-6-3-4-8-15(13)18)12-16(24)23-9-5-7-14(11-23)17(19,20)21/h3-4,6,8,14H,2,5,7,9-12H2,1H3. The van der Waals surface area contributed by atoms with Crippen LogP contribution in [0.1, 0.15) is 25.3 Å². The number of piperidine rings is 1. The minimum atomic E-state index is -4.24. The van der Waals surface area contributed by atoms with E-state index in [1.165, 1.54) is 4.90 Å². The summed E-state index contributed by atoms with van der Waals surface area (Å²) in [6.07, 6.45) is -3.74. The van der Waals surface area contributed by atoms with Gasteiger partial charge in [-0.05, 0) is 31.0 Å². The highest BCUT2D eigenvalue weighted by molar-refractivity contribution is 6.31. The summed E-state index contributed by atoms with van der Waals surface area (Å²) in [4.78, 5) is 15.6. The average Bonchev–Trinajstić information content (AvgIpc) is 2.55. The topological polar surface area (TPSA) is 23.6 Å². The minimum Gasteiger partial charge on any atom is -0.341 e. The number of carbonyl (C=O) groups excluding carboxylic acids is 1. The van der Waals surface area contributed by atoms with Gasteiger partial charge in [-0.15, -0.1) is 0 Å². The van der Waals surface area contributed by atoms with Crippen molar-refractivity contribution < 1.29 is 18.0 Å². The van der Waals surface area contributed by atoms with Crippen LogP contribution in [0.5, 0.6) is 0 Å². The van der Waals surface area contributed by atoms with E-state index in [1.54, 1.807) is 6.07 Å². The monoisotopic (exact) mass is 362 g/mol. The number of likely N-dealkylation sites (N-methyl/N-ethyl adjacent to an activating group) is 1. The van der Waals surface area contributed by atoms with Crippen molar-refractivity contribution in [1.82, 2.24) is 9.80 Å². The zero-order chi connectivity index (χ0) is 17.7. The Balaban J connectivity index is 1.95. The highest BCUT2D eigenvalue weighted by Crippen LogP contribution is 2.33. The lowest BCUT2D eigenvalue weighted by molar-refractivity contribution is -0.188. The summed E-state index contributed by atoms with van der Waals surface area (Å²) in [5.74, 6) is -1.66. The van der Waals surface area contributed by atoms with Gasteiger partial charge in [-0.25, -0.2) is 0 Å². The van der Waals surface area contributed by atoms with Gasteiger partial charge in [0, 0.05) is 24.7 Å². The lowest BCUT2D eigenvalue weighted by Crippen LogP contribution is -2.47. The fourth-order valence-corrected chi connectivity index (χ4v) is 3.10. The quantitative estimate of drug-likeness (QED) is 0.791. The van der Waals surface area contributed by atoms with E-state index in [2.05, 4.69) is 0 Å². The maximum absolute atomic E-state index is 12.9. The molecule has 1 saturated heterocycles. The van der Waals surface area contributed by atoms with E-state index < -0.39 is 12.1 Å². The van der Waals surface area contributed by atoms with Crippen LogP contribution in [0.25, 0.3) is 0 Å². The van der Waals surface area contributed by atoms with Crippen molar-refractivity contribution >= 4 is 17.5 Å². The predicted molar refractivity (Wildman–Crippen MR) is 87.8 cm³/mol. The number of nitrogens with zero attached hydrogens (tertiary/aromatic N) is 2. The normalized spacial score (nSPS) is 18.9. The molecule has 0 radical (unpaired) electrons. The number of amides is 1. The molecule has 1 aromatic carbocycles. The van der Waals surface area contributed by atoms with E-state index in [-0.39, 0.29) is 25.4 Å². The van der Waals surface area contributed by atoms with E-state index in [9.17, 15) is 18.0 Å². The highest BCUT2D eigenvalue weighted by Gasteiger charge is 2.42. The van der Waals surface area contributed by atoms with Crippen molar-refractivity contribution in [1.29, 1.82) is 0 Å². The van der Waals surface area contributed by atoms with Gasteiger partial charge in [0.05, 0.1) is 12.5 Å². The molecular formula is C17H22ClF3N2O. The first-order chi connectivity index (χ1) is 11.3. The van der Waals surface area contributed by atoms with Gasteiger partial charge < -0.3 is 4.90 Å². The zero-order valence-electron chi connectivity index (χ0n) is 13.7. The van der Waals surface area contributed by atoms with Crippen molar-refractivity contribution in [3.63, 3.8) is 0 Å². The molecule has 7 heteroatoms. The molecule has 0 bridgehead atoms. The molecule has 1 amide bonds. The van der Waals surface area contributed by atoms with Gasteiger partial charge in [-0.2, -0.15) is 13.2 Å². The molecule has 1 aromatic rings. The molecule has 3 nitrogen and oxygen atoms in total. The van der Waals surface area contributed by atoms with Crippen molar-refractivity contribution in [3.05, 3.63) is 34.9 Å². The zero-order valence-corrected chi connectivity index (χ0v) is 14.4. The molecule has 2 rings (SSSR count). The molecule has 1 unspecified atom stereocenters. The summed E-state index contributed by atoms with van der Waals surface area (Å²) < 4.78 is 38.6. The maximum Gasteiger partial charge on any atom is 0.393 e. The fourth-order valence-electron chi connectivity index (χ4n) is 2.91. The van der Waals surface area contributed by atoms with E-state index >= 15 is 0 Å². The van der Waals surface area contributed by atoms with Gasteiger partial charge in [0.15, 0.2) is 0 Å². The molecule has 134 valence electrons. The number of hydrogen-bond acceptors (Lipinski definition) is 2. The number of alkyl halides is 3. The second kappa shape index (κ2) is 8.21. The van der Waals surface area contributed by atoms with E-state index in [1.807, 2.05) is 30.0 Å². The second-order valence-corrected chi connectivity index (χ2v) is 6.52. The Hall–Kier alpha value is -1.27. The first-order valence-electron chi connectivity index (χ1n) is 8.11. The third kappa shape index (κ3) is 5.11. The van der Waals surface area contributed by atoms with E-state index in [0.29, 0.717) is 31.1 Å². The third-order valence-electron chi connectivity index (χ3n) is 4.39. The molecule has 1 aliphatic rings. The smallest absolute Gasteiger partial charge is 0.341 e. The molecule has 1 aliphatic heterocycles. The number of halogens is 4. The van der Waals surface area contributed by atoms with Crippen LogP contribution < -0.4 is 0 Å². The maximum atomic E-state index is 12.9. The van der Waals surface area contributed by atoms with Crippen molar-refractivity contribution in [3.8, 4) is 0 Å². The van der Waals surface area contributed by atoms with Crippen LogP contribution in [-0.4, -0.2) is 48.1 Å². The SMILES string of the molecule is CCN(CC(=O)N1CCCC(C(F)(F)F)C1)Cc1ccccc1Cl. The first kappa shape index (κ1) is 19.1. The molecule has 0 aromatic heterocycles. The van der Waals surface area contributed by atoms with Crippen LogP contribution in [0.2, 0.25) is 5.02 Å². The van der Waals surface area contributed by atoms with Crippen LogP contribution in [0.4, 0.5) is 13.2 Å². The average molecular weight is 363 g/mol. The lowest BCUT2D eigenvalue weighted by atomic mass is 9.97. The Morgan fingerprint density at radius 2 is 2.08 bits per heavy atom. The largest absolute Gasteiger partial charge is 0.393 e. The number of likely N-dealkylation sites (tertiary alicyclic amines) is 1. The summed E-state index contributed by atoms with van der Waals surface area (Å²) >= 11 is 6.13. The number of carbonyl (C=O) groups is 1. The Kier molecular flexibility index (Phi) is 6.52. The molecule has 24 heavy (non-hydrogen) atoms. The third-order valence-corrected chi connectivity index (χ3v) is 4.76. The Morgan fingerprint density at radius 1 is 1.38 bits per heavy atom. The second-order valence-electron chi connectivity index (χ2n) is 6.12. The Bertz CT molecular complexity index is 565. The first-order valence-corrected chi connectivity index (χ1v) is 8.49. The molecule has 0 N–H and O–H groups in total. The van der Waals surface area contributed by atoms with Crippen LogP contribution in [0.15, 0.2) is 24.3 Å². The van der Waals surface area contributed by atoms with E-state index in [4.69, 9.17) is 11.6 Å². The summed E-state index contributed by atoms with van der Waals surface area (Å²) in [5, 5.41) is 0.624. The number of rotatable bonds is 5. The highest BCUT2D eigenvalue weighted by atomic mass is 35.5. The van der Waals surface area contributed by atoms with Crippen LogP contribution in [-0.2, 0) is 11.3 Å². The van der Waals surface area contributed by atoms with Gasteiger partial charge in [-0.3, -0.25) is 9.69 Å². The Labute approximate surface area is 145 Å².